The van der Waals surface area contributed by atoms with E-state index in [0.717, 1.165) is 0 Å². The normalized spacial score (nSPS) is 9.53. The monoisotopic (exact) mass is 228 g/mol. The van der Waals surface area contributed by atoms with Gasteiger partial charge in [0.05, 0.1) is 5.02 Å². The summed E-state index contributed by atoms with van der Waals surface area (Å²) in [6.07, 6.45) is 0. The van der Waals surface area contributed by atoms with E-state index in [1.807, 2.05) is 0 Å². The van der Waals surface area contributed by atoms with Crippen molar-refractivity contribution < 1.29 is 19.1 Å². The minimum atomic E-state index is -0.489. The Labute approximate surface area is 91.7 Å². The predicted octanol–water partition coefficient (Wildman–Crippen LogP) is 2.19. The standard InChI is InChI=1S/C10H9ClO4/c1-6(12)14-8-3-4-9(11)10(5-8)15-7(2)13/h3-5H,1-2H3. The molecule has 80 valence electrons. The number of hydrogen-bond donors (Lipinski definition) is 0. The topological polar surface area (TPSA) is 52.6 Å². The molecule has 0 bridgehead atoms. The van der Waals surface area contributed by atoms with Crippen LogP contribution in [0.2, 0.25) is 5.02 Å². The lowest BCUT2D eigenvalue weighted by Crippen LogP contribution is -2.04. The van der Waals surface area contributed by atoms with Crippen molar-refractivity contribution in [3.63, 3.8) is 0 Å². The van der Waals surface area contributed by atoms with Gasteiger partial charge < -0.3 is 9.47 Å². The highest BCUT2D eigenvalue weighted by molar-refractivity contribution is 6.32. The molecule has 0 heterocycles. The summed E-state index contributed by atoms with van der Waals surface area (Å²) in [6, 6.07) is 4.37. The van der Waals surface area contributed by atoms with Crippen LogP contribution in [0.3, 0.4) is 0 Å². The van der Waals surface area contributed by atoms with E-state index in [2.05, 4.69) is 0 Å². The lowest BCUT2D eigenvalue weighted by atomic mass is 10.3. The third-order valence-electron chi connectivity index (χ3n) is 1.42. The maximum atomic E-state index is 10.7. The van der Waals surface area contributed by atoms with Crippen LogP contribution in [-0.4, -0.2) is 11.9 Å². The van der Waals surface area contributed by atoms with Crippen LogP contribution < -0.4 is 9.47 Å². The molecule has 0 radical (unpaired) electrons. The summed E-state index contributed by atoms with van der Waals surface area (Å²) in [6.45, 7) is 2.54. The van der Waals surface area contributed by atoms with E-state index in [1.54, 1.807) is 0 Å². The van der Waals surface area contributed by atoms with Crippen LogP contribution in [0.1, 0.15) is 13.8 Å². The molecule has 1 aromatic carbocycles. The summed E-state index contributed by atoms with van der Waals surface area (Å²) in [4.78, 5) is 21.4. The van der Waals surface area contributed by atoms with E-state index in [9.17, 15) is 9.59 Å². The van der Waals surface area contributed by atoms with Gasteiger partial charge in [-0.2, -0.15) is 0 Å². The Morgan fingerprint density at radius 1 is 1.13 bits per heavy atom. The largest absolute Gasteiger partial charge is 0.427 e. The van der Waals surface area contributed by atoms with E-state index in [0.29, 0.717) is 0 Å². The van der Waals surface area contributed by atoms with Crippen LogP contribution >= 0.6 is 11.6 Å². The van der Waals surface area contributed by atoms with Crippen LogP contribution in [-0.2, 0) is 9.59 Å². The highest BCUT2D eigenvalue weighted by Crippen LogP contribution is 2.29. The maximum absolute atomic E-state index is 10.7. The predicted molar refractivity (Wildman–Crippen MR) is 54.1 cm³/mol. The summed E-state index contributed by atoms with van der Waals surface area (Å²) in [7, 11) is 0. The molecule has 0 aliphatic carbocycles. The number of esters is 2. The van der Waals surface area contributed by atoms with E-state index < -0.39 is 11.9 Å². The van der Waals surface area contributed by atoms with E-state index in [4.69, 9.17) is 21.1 Å². The first-order valence-corrected chi connectivity index (χ1v) is 4.53. The minimum absolute atomic E-state index is 0.169. The Morgan fingerprint density at radius 3 is 2.27 bits per heavy atom. The molecule has 1 rings (SSSR count). The number of rotatable bonds is 2. The third kappa shape index (κ3) is 3.59. The highest BCUT2D eigenvalue weighted by atomic mass is 35.5. The first-order chi connectivity index (χ1) is 6.99. The second-order valence-electron chi connectivity index (χ2n) is 2.78. The molecule has 0 aliphatic rings. The van der Waals surface area contributed by atoms with Crippen molar-refractivity contribution >= 4 is 23.5 Å². The smallest absolute Gasteiger partial charge is 0.308 e. The zero-order chi connectivity index (χ0) is 11.4. The molecule has 4 nitrogen and oxygen atoms in total. The molecule has 0 saturated heterocycles. The fraction of sp³-hybridized carbons (Fsp3) is 0.200. The number of carbonyl (C=O) groups excluding carboxylic acids is 2. The second kappa shape index (κ2) is 4.79. The van der Waals surface area contributed by atoms with Crippen molar-refractivity contribution in [2.75, 3.05) is 0 Å². The molecular weight excluding hydrogens is 220 g/mol. The zero-order valence-electron chi connectivity index (χ0n) is 8.24. The van der Waals surface area contributed by atoms with Crippen LogP contribution in [0.4, 0.5) is 0 Å². The average Bonchev–Trinajstić information content (AvgIpc) is 2.09. The highest BCUT2D eigenvalue weighted by Gasteiger charge is 2.07. The summed E-state index contributed by atoms with van der Waals surface area (Å²) in [5, 5.41) is 0.279. The number of halogens is 1. The third-order valence-corrected chi connectivity index (χ3v) is 1.73. The number of carbonyl (C=O) groups is 2. The van der Waals surface area contributed by atoms with E-state index in [-0.39, 0.29) is 16.5 Å². The van der Waals surface area contributed by atoms with Gasteiger partial charge in [-0.15, -0.1) is 0 Å². The van der Waals surface area contributed by atoms with Gasteiger partial charge in [0.25, 0.3) is 0 Å². The molecule has 1 aromatic rings. The minimum Gasteiger partial charge on any atom is -0.427 e. The second-order valence-corrected chi connectivity index (χ2v) is 3.19. The van der Waals surface area contributed by atoms with Gasteiger partial charge in [-0.05, 0) is 12.1 Å². The number of benzene rings is 1. The summed E-state index contributed by atoms with van der Waals surface area (Å²) >= 11 is 5.76. The molecule has 0 amide bonds. The molecule has 0 saturated carbocycles. The van der Waals surface area contributed by atoms with Crippen LogP contribution in [0.5, 0.6) is 11.5 Å². The van der Waals surface area contributed by atoms with Gasteiger partial charge in [-0.25, -0.2) is 0 Å². The van der Waals surface area contributed by atoms with Gasteiger partial charge in [-0.3, -0.25) is 9.59 Å². The van der Waals surface area contributed by atoms with Gasteiger partial charge in [0.1, 0.15) is 5.75 Å². The lowest BCUT2D eigenvalue weighted by molar-refractivity contribution is -0.132. The van der Waals surface area contributed by atoms with Crippen LogP contribution in [0.25, 0.3) is 0 Å². The molecule has 15 heavy (non-hydrogen) atoms. The lowest BCUT2D eigenvalue weighted by Gasteiger charge is -2.06. The quantitative estimate of drug-likeness (QED) is 0.575. The average molecular weight is 229 g/mol. The van der Waals surface area contributed by atoms with E-state index >= 15 is 0 Å². The van der Waals surface area contributed by atoms with Gasteiger partial charge in [0, 0.05) is 19.9 Å². The van der Waals surface area contributed by atoms with Gasteiger partial charge >= 0.3 is 11.9 Å². The molecule has 5 heteroatoms. The Hall–Kier alpha value is -1.55. The Morgan fingerprint density at radius 2 is 1.73 bits per heavy atom. The fourth-order valence-corrected chi connectivity index (χ4v) is 1.10. The zero-order valence-corrected chi connectivity index (χ0v) is 9.00. The first kappa shape index (κ1) is 11.5. The fourth-order valence-electron chi connectivity index (χ4n) is 0.946. The van der Waals surface area contributed by atoms with Crippen molar-refractivity contribution in [2.24, 2.45) is 0 Å². The first-order valence-electron chi connectivity index (χ1n) is 4.15. The molecule has 0 atom stereocenters. The number of hydrogen-bond acceptors (Lipinski definition) is 4. The van der Waals surface area contributed by atoms with Gasteiger partial charge in [0.2, 0.25) is 0 Å². The maximum Gasteiger partial charge on any atom is 0.308 e. The Bertz CT molecular complexity index is 400. The molecule has 0 spiro atoms. The van der Waals surface area contributed by atoms with E-state index in [1.165, 1.54) is 32.0 Å². The Balaban J connectivity index is 2.94. The SMILES string of the molecule is CC(=O)Oc1ccc(Cl)c(OC(C)=O)c1. The molecule has 0 aromatic heterocycles. The van der Waals surface area contributed by atoms with Crippen molar-refractivity contribution in [1.29, 1.82) is 0 Å². The van der Waals surface area contributed by atoms with Crippen molar-refractivity contribution in [1.82, 2.24) is 0 Å². The van der Waals surface area contributed by atoms with Crippen LogP contribution in [0, 0.1) is 0 Å². The van der Waals surface area contributed by atoms with Crippen LogP contribution in [0.15, 0.2) is 18.2 Å². The summed E-state index contributed by atoms with van der Waals surface area (Å²) < 4.78 is 9.61. The molecular formula is C10H9ClO4. The van der Waals surface area contributed by atoms with Crippen molar-refractivity contribution in [3.8, 4) is 11.5 Å². The number of ether oxygens (including phenoxy) is 2. The van der Waals surface area contributed by atoms with Gasteiger partial charge in [0.15, 0.2) is 5.75 Å². The Kier molecular flexibility index (Phi) is 3.68. The molecule has 0 fully saturated rings. The van der Waals surface area contributed by atoms with Crippen molar-refractivity contribution in [3.05, 3.63) is 23.2 Å². The summed E-state index contributed by atoms with van der Waals surface area (Å²) in [5.74, 6) is -0.492. The molecule has 0 N–H and O–H groups in total. The molecule has 0 aliphatic heterocycles. The summed E-state index contributed by atoms with van der Waals surface area (Å²) in [5.41, 5.74) is 0. The molecule has 0 unspecified atom stereocenters. The van der Waals surface area contributed by atoms with Crippen molar-refractivity contribution in [2.45, 2.75) is 13.8 Å². The van der Waals surface area contributed by atoms with Gasteiger partial charge in [-0.1, -0.05) is 11.6 Å².